The van der Waals surface area contributed by atoms with Gasteiger partial charge in [0, 0.05) is 11.3 Å². The lowest BCUT2D eigenvalue weighted by atomic mass is 10.1. The van der Waals surface area contributed by atoms with Gasteiger partial charge in [-0.05, 0) is 6.07 Å². The largest absolute Gasteiger partial charge is 0.545 e. The Morgan fingerprint density at radius 3 is 2.25 bits per heavy atom. The Morgan fingerprint density at radius 1 is 1.15 bits per heavy atom. The number of urea groups is 1. The SMILES string of the molecule is O=C1NC(=O)C(O)(Nc2ccccc2C(=O)[O-])C(=O)N1. The second kappa shape index (κ2) is 4.63. The Balaban J connectivity index is 2.38. The number of imide groups is 2. The van der Waals surface area contributed by atoms with Crippen LogP contribution in [0.1, 0.15) is 10.4 Å². The monoisotopic (exact) mass is 278 g/mol. The number of carboxylic acids is 1. The van der Waals surface area contributed by atoms with Crippen LogP contribution in [0.15, 0.2) is 24.3 Å². The highest BCUT2D eigenvalue weighted by molar-refractivity contribution is 6.22. The molecule has 1 aromatic rings. The normalized spacial score (nSPS) is 17.1. The van der Waals surface area contributed by atoms with Crippen molar-refractivity contribution in [1.29, 1.82) is 0 Å². The number of anilines is 1. The van der Waals surface area contributed by atoms with Crippen LogP contribution < -0.4 is 21.1 Å². The van der Waals surface area contributed by atoms with Gasteiger partial charge >= 0.3 is 6.03 Å². The second-order valence-corrected chi connectivity index (χ2v) is 3.91. The van der Waals surface area contributed by atoms with Crippen molar-refractivity contribution in [1.82, 2.24) is 10.6 Å². The first kappa shape index (κ1) is 13.5. The summed E-state index contributed by atoms with van der Waals surface area (Å²) < 4.78 is 0. The number of carbonyl (C=O) groups excluding carboxylic acids is 4. The van der Waals surface area contributed by atoms with Crippen LogP contribution in [0.3, 0.4) is 0 Å². The highest BCUT2D eigenvalue weighted by Crippen LogP contribution is 2.20. The summed E-state index contributed by atoms with van der Waals surface area (Å²) in [5.74, 6) is -4.21. The fourth-order valence-corrected chi connectivity index (χ4v) is 1.60. The van der Waals surface area contributed by atoms with Gasteiger partial charge in [-0.15, -0.1) is 0 Å². The number of barbiturate groups is 1. The van der Waals surface area contributed by atoms with Crippen LogP contribution in [-0.4, -0.2) is 34.6 Å². The van der Waals surface area contributed by atoms with E-state index in [2.05, 4.69) is 5.32 Å². The Hall–Kier alpha value is -2.94. The van der Waals surface area contributed by atoms with Crippen molar-refractivity contribution in [3.05, 3.63) is 29.8 Å². The highest BCUT2D eigenvalue weighted by Gasteiger charge is 2.49. The molecule has 0 radical (unpaired) electrons. The lowest BCUT2D eigenvalue weighted by molar-refractivity contribution is -0.254. The number of aliphatic hydroxyl groups is 1. The summed E-state index contributed by atoms with van der Waals surface area (Å²) in [6, 6.07) is 4.11. The van der Waals surface area contributed by atoms with E-state index in [1.165, 1.54) is 18.2 Å². The van der Waals surface area contributed by atoms with Crippen molar-refractivity contribution in [2.75, 3.05) is 5.32 Å². The van der Waals surface area contributed by atoms with Crippen LogP contribution in [0.2, 0.25) is 0 Å². The minimum absolute atomic E-state index is 0.213. The quantitative estimate of drug-likeness (QED) is 0.353. The van der Waals surface area contributed by atoms with Gasteiger partial charge in [0.15, 0.2) is 0 Å². The molecule has 0 spiro atoms. The molecule has 0 unspecified atom stereocenters. The van der Waals surface area contributed by atoms with E-state index < -0.39 is 29.5 Å². The number of carboxylic acid groups (broad SMARTS) is 1. The molecule has 1 heterocycles. The van der Waals surface area contributed by atoms with Crippen LogP contribution in [0.4, 0.5) is 10.5 Å². The Bertz CT molecular complexity index is 606. The molecule has 104 valence electrons. The molecule has 0 atom stereocenters. The third kappa shape index (κ3) is 2.17. The molecule has 1 aliphatic heterocycles. The minimum Gasteiger partial charge on any atom is -0.545 e. The van der Waals surface area contributed by atoms with Crippen LogP contribution >= 0.6 is 0 Å². The second-order valence-electron chi connectivity index (χ2n) is 3.91. The van der Waals surface area contributed by atoms with E-state index in [4.69, 9.17) is 0 Å². The first-order valence-corrected chi connectivity index (χ1v) is 5.32. The number of benzene rings is 1. The first-order valence-electron chi connectivity index (χ1n) is 5.32. The lowest BCUT2D eigenvalue weighted by Crippen LogP contribution is -2.70. The number of rotatable bonds is 3. The summed E-state index contributed by atoms with van der Waals surface area (Å²) in [5.41, 5.74) is -3.38. The number of amides is 4. The molecule has 9 nitrogen and oxygen atoms in total. The summed E-state index contributed by atoms with van der Waals surface area (Å²) in [5, 5.41) is 26.3. The van der Waals surface area contributed by atoms with Gasteiger partial charge in [0.05, 0.1) is 5.97 Å². The van der Waals surface area contributed by atoms with Gasteiger partial charge in [-0.2, -0.15) is 0 Å². The third-order valence-corrected chi connectivity index (χ3v) is 2.57. The molecule has 4 N–H and O–H groups in total. The maximum Gasteiger partial charge on any atom is 0.328 e. The first-order chi connectivity index (χ1) is 9.34. The van der Waals surface area contributed by atoms with Crippen LogP contribution in [0.5, 0.6) is 0 Å². The molecule has 4 amide bonds. The number of carbonyl (C=O) groups is 4. The molecular weight excluding hydrogens is 270 g/mol. The van der Waals surface area contributed by atoms with Gasteiger partial charge < -0.3 is 20.3 Å². The fourth-order valence-electron chi connectivity index (χ4n) is 1.60. The maximum atomic E-state index is 11.6. The number of hydrogen-bond acceptors (Lipinski definition) is 7. The van der Waals surface area contributed by atoms with Gasteiger partial charge in [-0.25, -0.2) is 4.79 Å². The average Bonchev–Trinajstić information content (AvgIpc) is 2.37. The van der Waals surface area contributed by atoms with Crippen LogP contribution in [-0.2, 0) is 9.59 Å². The van der Waals surface area contributed by atoms with Gasteiger partial charge in [0.2, 0.25) is 0 Å². The summed E-state index contributed by atoms with van der Waals surface area (Å²) in [6.07, 6.45) is 0. The molecule has 9 heteroatoms. The zero-order valence-corrected chi connectivity index (χ0v) is 9.80. The van der Waals surface area contributed by atoms with Gasteiger partial charge in [-0.3, -0.25) is 20.2 Å². The van der Waals surface area contributed by atoms with Gasteiger partial charge in [0.25, 0.3) is 17.5 Å². The van der Waals surface area contributed by atoms with Gasteiger partial charge in [0.1, 0.15) is 0 Å². The Morgan fingerprint density at radius 2 is 1.70 bits per heavy atom. The van der Waals surface area contributed by atoms with Gasteiger partial charge in [-0.1, -0.05) is 18.2 Å². The lowest BCUT2D eigenvalue weighted by Gasteiger charge is -2.31. The van der Waals surface area contributed by atoms with E-state index in [9.17, 15) is 29.4 Å². The average molecular weight is 278 g/mol. The van der Waals surface area contributed by atoms with E-state index in [0.717, 1.165) is 6.07 Å². The smallest absolute Gasteiger partial charge is 0.328 e. The van der Waals surface area contributed by atoms with Crippen molar-refractivity contribution in [3.8, 4) is 0 Å². The molecule has 0 saturated carbocycles. The Labute approximate surface area is 111 Å². The maximum absolute atomic E-state index is 11.6. The minimum atomic E-state index is -2.81. The van der Waals surface area contributed by atoms with Crippen molar-refractivity contribution >= 4 is 29.5 Å². The molecule has 1 saturated heterocycles. The van der Waals surface area contributed by atoms with E-state index >= 15 is 0 Å². The predicted molar refractivity (Wildman–Crippen MR) is 61.0 cm³/mol. The molecule has 0 aliphatic carbocycles. The van der Waals surface area contributed by atoms with Crippen molar-refractivity contribution in [3.63, 3.8) is 0 Å². The van der Waals surface area contributed by atoms with E-state index in [0.29, 0.717) is 0 Å². The summed E-state index contributed by atoms with van der Waals surface area (Å²) in [7, 11) is 0. The van der Waals surface area contributed by atoms with Crippen molar-refractivity contribution in [2.45, 2.75) is 5.72 Å². The number of hydrogen-bond donors (Lipinski definition) is 4. The Kier molecular flexibility index (Phi) is 3.12. The number of para-hydroxylation sites is 1. The van der Waals surface area contributed by atoms with E-state index in [-0.39, 0.29) is 11.3 Å². The molecule has 20 heavy (non-hydrogen) atoms. The zero-order chi connectivity index (χ0) is 14.9. The molecular formula is C11H8N3O6-. The van der Waals surface area contributed by atoms with Crippen molar-refractivity contribution in [2.24, 2.45) is 0 Å². The number of nitrogens with one attached hydrogen (secondary N) is 3. The number of aromatic carboxylic acids is 1. The highest BCUT2D eigenvalue weighted by atomic mass is 16.4. The molecule has 1 aromatic carbocycles. The molecule has 2 rings (SSSR count). The molecule has 0 aromatic heterocycles. The summed E-state index contributed by atoms with van der Waals surface area (Å²) >= 11 is 0. The third-order valence-electron chi connectivity index (χ3n) is 2.57. The van der Waals surface area contributed by atoms with Crippen molar-refractivity contribution < 1.29 is 29.4 Å². The summed E-state index contributed by atoms with van der Waals surface area (Å²) in [4.78, 5) is 44.9. The van der Waals surface area contributed by atoms with E-state index in [1.54, 1.807) is 10.6 Å². The van der Waals surface area contributed by atoms with Crippen LogP contribution in [0.25, 0.3) is 0 Å². The molecule has 1 aliphatic rings. The fraction of sp³-hybridized carbons (Fsp3) is 0.0909. The zero-order valence-electron chi connectivity index (χ0n) is 9.80. The van der Waals surface area contributed by atoms with E-state index in [1.807, 2.05) is 0 Å². The topological polar surface area (TPSA) is 148 Å². The predicted octanol–water partition coefficient (Wildman–Crippen LogP) is -2.48. The van der Waals surface area contributed by atoms with Crippen LogP contribution in [0, 0.1) is 0 Å². The summed E-state index contributed by atoms with van der Waals surface area (Å²) in [6.45, 7) is 0. The molecule has 1 fully saturated rings. The molecule has 0 bridgehead atoms. The standard InChI is InChI=1S/C11H9N3O6/c15-7(16)5-3-1-2-4-6(5)14-11(20)8(17)12-10(19)13-9(11)18/h1-4,14,20H,(H,15,16)(H2,12,13,17,18,19)/p-1.